The molecule has 0 N–H and O–H groups in total. The summed E-state index contributed by atoms with van der Waals surface area (Å²) in [6.07, 6.45) is 2.80. The predicted octanol–water partition coefficient (Wildman–Crippen LogP) is 4.36. The van der Waals surface area contributed by atoms with E-state index in [0.717, 1.165) is 23.0 Å². The maximum absolute atomic E-state index is 12.3. The topological polar surface area (TPSA) is 44.1 Å². The number of hydrogen-bond acceptors (Lipinski definition) is 3. The van der Waals surface area contributed by atoms with Gasteiger partial charge >= 0.3 is 5.97 Å². The van der Waals surface area contributed by atoms with Crippen molar-refractivity contribution >= 4 is 17.0 Å². The van der Waals surface area contributed by atoms with Gasteiger partial charge in [0.1, 0.15) is 11.3 Å². The lowest BCUT2D eigenvalue weighted by Crippen LogP contribution is -2.13. The lowest BCUT2D eigenvalue weighted by atomic mass is 10.00. The Bertz CT molecular complexity index is 931. The number of aryl methyl sites for hydroxylation is 4. The van der Waals surface area contributed by atoms with Gasteiger partial charge in [-0.3, -0.25) is 0 Å². The molecule has 0 fully saturated rings. The first kappa shape index (κ1) is 17.2. The number of aromatic nitrogens is 2. The molecule has 0 aliphatic heterocycles. The first-order chi connectivity index (χ1) is 11.9. The van der Waals surface area contributed by atoms with E-state index in [2.05, 4.69) is 50.9 Å². The molecule has 0 radical (unpaired) electrons. The van der Waals surface area contributed by atoms with Gasteiger partial charge in [-0.1, -0.05) is 24.6 Å². The quantitative estimate of drug-likeness (QED) is 0.665. The van der Waals surface area contributed by atoms with Crippen LogP contribution in [0.5, 0.6) is 0 Å². The van der Waals surface area contributed by atoms with Crippen LogP contribution in [0.2, 0.25) is 0 Å². The third kappa shape index (κ3) is 3.16. The summed E-state index contributed by atoms with van der Waals surface area (Å²) in [5, 5.41) is 0.974. The Hall–Kier alpha value is -2.62. The molecule has 3 rings (SSSR count). The number of carbonyl (C=O) groups is 1. The second-order valence-corrected chi connectivity index (χ2v) is 6.59. The largest absolute Gasteiger partial charge is 0.464 e. The predicted molar refractivity (Wildman–Crippen MR) is 100 cm³/mol. The van der Waals surface area contributed by atoms with Crippen LogP contribution < -0.4 is 0 Å². The van der Waals surface area contributed by atoms with Gasteiger partial charge in [-0.15, -0.1) is 0 Å². The van der Waals surface area contributed by atoms with Crippen molar-refractivity contribution in [1.82, 2.24) is 9.55 Å². The van der Waals surface area contributed by atoms with Crippen molar-refractivity contribution in [1.29, 1.82) is 0 Å². The Morgan fingerprint density at radius 1 is 1.12 bits per heavy atom. The number of pyridine rings is 1. The Morgan fingerprint density at radius 3 is 2.40 bits per heavy atom. The van der Waals surface area contributed by atoms with Crippen molar-refractivity contribution in [3.8, 4) is 0 Å². The van der Waals surface area contributed by atoms with Crippen LogP contribution in [0.25, 0.3) is 11.0 Å². The van der Waals surface area contributed by atoms with Gasteiger partial charge in [0, 0.05) is 11.6 Å². The number of methoxy groups -OCH3 is 1. The number of carbonyl (C=O) groups excluding carboxylic acids is 1. The highest BCUT2D eigenvalue weighted by Gasteiger charge is 2.18. The fourth-order valence-corrected chi connectivity index (χ4v) is 3.44. The molecule has 2 heterocycles. The van der Waals surface area contributed by atoms with Crippen LogP contribution in [-0.2, 0) is 17.7 Å². The summed E-state index contributed by atoms with van der Waals surface area (Å²) >= 11 is 0. The van der Waals surface area contributed by atoms with Crippen LogP contribution in [0.15, 0.2) is 30.5 Å². The van der Waals surface area contributed by atoms with Gasteiger partial charge in [0.05, 0.1) is 13.7 Å². The molecule has 0 atom stereocenters. The number of fused-ring (bicyclic) bond motifs is 1. The summed E-state index contributed by atoms with van der Waals surface area (Å²) in [5.41, 5.74) is 7.42. The van der Waals surface area contributed by atoms with E-state index >= 15 is 0 Å². The summed E-state index contributed by atoms with van der Waals surface area (Å²) in [4.78, 5) is 16.9. The van der Waals surface area contributed by atoms with Crippen LogP contribution >= 0.6 is 0 Å². The van der Waals surface area contributed by atoms with Crippen molar-refractivity contribution in [2.75, 3.05) is 7.11 Å². The molecule has 0 amide bonds. The zero-order valence-electron chi connectivity index (χ0n) is 15.5. The fourth-order valence-electron chi connectivity index (χ4n) is 3.44. The lowest BCUT2D eigenvalue weighted by Gasteiger charge is -2.15. The van der Waals surface area contributed by atoms with E-state index in [9.17, 15) is 4.79 Å². The van der Waals surface area contributed by atoms with E-state index in [-0.39, 0.29) is 5.97 Å². The highest BCUT2D eigenvalue weighted by atomic mass is 16.5. The van der Waals surface area contributed by atoms with Crippen LogP contribution in [0.1, 0.15) is 45.2 Å². The maximum atomic E-state index is 12.3. The number of esters is 1. The second kappa shape index (κ2) is 6.71. The highest BCUT2D eigenvalue weighted by molar-refractivity contribution is 5.94. The number of rotatable bonds is 4. The minimum atomic E-state index is -0.335. The zero-order valence-corrected chi connectivity index (χ0v) is 15.5. The van der Waals surface area contributed by atoms with Crippen LogP contribution in [-0.4, -0.2) is 22.6 Å². The Kier molecular flexibility index (Phi) is 4.62. The van der Waals surface area contributed by atoms with Crippen molar-refractivity contribution in [3.05, 3.63) is 64.0 Å². The minimum absolute atomic E-state index is 0.335. The van der Waals surface area contributed by atoms with Crippen LogP contribution in [0.3, 0.4) is 0 Å². The number of hydrogen-bond donors (Lipinski definition) is 0. The molecule has 0 bridgehead atoms. The Labute approximate surface area is 148 Å². The first-order valence-electron chi connectivity index (χ1n) is 8.57. The number of ether oxygens (including phenoxy) is 1. The van der Waals surface area contributed by atoms with E-state index in [1.807, 2.05) is 16.8 Å². The normalized spacial score (nSPS) is 11.1. The lowest BCUT2D eigenvalue weighted by molar-refractivity contribution is 0.0589. The molecule has 130 valence electrons. The van der Waals surface area contributed by atoms with Gasteiger partial charge in [0.25, 0.3) is 0 Å². The molecule has 4 heteroatoms. The van der Waals surface area contributed by atoms with Gasteiger partial charge in [-0.05, 0) is 61.6 Å². The molecule has 0 aliphatic rings. The monoisotopic (exact) mass is 336 g/mol. The fraction of sp³-hybridized carbons (Fsp3) is 0.333. The molecule has 0 unspecified atom stereocenters. The summed E-state index contributed by atoms with van der Waals surface area (Å²) in [5.74, 6) is -0.335. The van der Waals surface area contributed by atoms with E-state index < -0.39 is 0 Å². The van der Waals surface area contributed by atoms with Crippen molar-refractivity contribution in [2.24, 2.45) is 0 Å². The molecule has 25 heavy (non-hydrogen) atoms. The van der Waals surface area contributed by atoms with Gasteiger partial charge in [-0.25, -0.2) is 9.78 Å². The number of nitrogens with zero attached hydrogens (tertiary/aromatic N) is 2. The molecular weight excluding hydrogens is 312 g/mol. The molecule has 4 nitrogen and oxygen atoms in total. The molecule has 0 saturated heterocycles. The number of benzene rings is 1. The van der Waals surface area contributed by atoms with Crippen LogP contribution in [0.4, 0.5) is 0 Å². The Morgan fingerprint density at radius 2 is 1.80 bits per heavy atom. The first-order valence-corrected chi connectivity index (χ1v) is 8.57. The molecular formula is C21H24N2O2. The summed E-state index contributed by atoms with van der Waals surface area (Å²) in [6.45, 7) is 9.02. The third-order valence-corrected chi connectivity index (χ3v) is 4.75. The van der Waals surface area contributed by atoms with Crippen molar-refractivity contribution < 1.29 is 9.53 Å². The van der Waals surface area contributed by atoms with Gasteiger partial charge in [-0.2, -0.15) is 0 Å². The standard InChI is InChI=1S/C21H24N2O2/c1-6-16-9-17-10-19(21(24)25-5)23(20(17)22-11-16)12-18-14(3)7-13(2)8-15(18)4/h7-11H,6,12H2,1-5H3. The highest BCUT2D eigenvalue weighted by Crippen LogP contribution is 2.24. The van der Waals surface area contributed by atoms with Crippen molar-refractivity contribution in [2.45, 2.75) is 40.7 Å². The molecule has 0 spiro atoms. The molecule has 1 aromatic carbocycles. The average molecular weight is 336 g/mol. The van der Waals surface area contributed by atoms with Crippen LogP contribution in [0, 0.1) is 20.8 Å². The molecule has 0 aliphatic carbocycles. The summed E-state index contributed by atoms with van der Waals surface area (Å²) in [7, 11) is 1.41. The van der Waals surface area contributed by atoms with E-state index in [4.69, 9.17) is 4.74 Å². The molecule has 0 saturated carbocycles. The van der Waals surface area contributed by atoms with Gasteiger partial charge < -0.3 is 9.30 Å². The maximum Gasteiger partial charge on any atom is 0.354 e. The van der Waals surface area contributed by atoms with Crippen molar-refractivity contribution in [3.63, 3.8) is 0 Å². The molecule has 3 aromatic rings. The third-order valence-electron chi connectivity index (χ3n) is 4.75. The summed E-state index contributed by atoms with van der Waals surface area (Å²) in [6, 6.07) is 8.33. The van der Waals surface area contributed by atoms with Gasteiger partial charge in [0.15, 0.2) is 0 Å². The zero-order chi connectivity index (χ0) is 18.1. The van der Waals surface area contributed by atoms with E-state index in [1.54, 1.807) is 0 Å². The average Bonchev–Trinajstić information content (AvgIpc) is 2.94. The summed E-state index contributed by atoms with van der Waals surface area (Å²) < 4.78 is 6.96. The van der Waals surface area contributed by atoms with Gasteiger partial charge in [0.2, 0.25) is 0 Å². The molecule has 2 aromatic heterocycles. The van der Waals surface area contributed by atoms with E-state index in [1.165, 1.54) is 29.4 Å². The minimum Gasteiger partial charge on any atom is -0.464 e. The SMILES string of the molecule is CCc1cnc2c(c1)cc(C(=O)OC)n2Cc1c(C)cc(C)cc1C. The smallest absolute Gasteiger partial charge is 0.354 e. The van der Waals surface area contributed by atoms with E-state index in [0.29, 0.717) is 12.2 Å². The second-order valence-electron chi connectivity index (χ2n) is 6.59. The Balaban J connectivity index is 2.18.